The van der Waals surface area contributed by atoms with Crippen LogP contribution in [-0.4, -0.2) is 27.3 Å². The molecule has 0 aliphatic heterocycles. The Kier molecular flexibility index (Phi) is 6.45. The number of rotatable bonds is 6. The molecule has 0 spiro atoms. The third-order valence-corrected chi connectivity index (χ3v) is 6.19. The first-order valence-electron chi connectivity index (χ1n) is 10.0. The third kappa shape index (κ3) is 3.64. The van der Waals surface area contributed by atoms with Crippen LogP contribution in [0, 0.1) is 0 Å². The summed E-state index contributed by atoms with van der Waals surface area (Å²) in [5.41, 5.74) is 3.72. The van der Waals surface area contributed by atoms with Gasteiger partial charge in [-0.25, -0.2) is 4.79 Å². The monoisotopic (exact) mass is 468 g/mol. The van der Waals surface area contributed by atoms with Gasteiger partial charge in [0.1, 0.15) is 17.1 Å². The van der Waals surface area contributed by atoms with E-state index in [9.17, 15) is 4.79 Å². The van der Waals surface area contributed by atoms with Crippen LogP contribution in [0.4, 0.5) is 0 Å². The van der Waals surface area contributed by atoms with Crippen LogP contribution in [-0.2, 0) is 16.5 Å². The van der Waals surface area contributed by atoms with E-state index in [2.05, 4.69) is 0 Å². The second-order valence-electron chi connectivity index (χ2n) is 7.31. The number of alkyl halides is 2. The molecule has 0 aromatic heterocycles. The number of methoxy groups -OCH3 is 3. The maximum absolute atomic E-state index is 12.7. The Morgan fingerprint density at radius 2 is 1.47 bits per heavy atom. The fraction of sp³-hybridized carbons (Fsp3) is 0.192. The standard InChI is InChI=1S/C26H22Cl2O4/c1-30-24-18(14-28)11-17-10-15(13-27)8-9-20(17)22(24)23-19-7-5-4-6-16(19)12-21(25(23)31-2)26(29)32-3/h4-12H,13-14H2,1-3H3. The molecule has 0 amide bonds. The summed E-state index contributed by atoms with van der Waals surface area (Å²) in [5, 5.41) is 3.72. The van der Waals surface area contributed by atoms with E-state index >= 15 is 0 Å². The molecule has 4 aromatic carbocycles. The SMILES string of the molecule is COC(=O)c1cc2ccccc2c(-c2c(OC)c(CCl)cc3cc(CCl)ccc23)c1OC. The number of fused-ring (bicyclic) bond motifs is 2. The van der Waals surface area contributed by atoms with Crippen molar-refractivity contribution < 1.29 is 19.0 Å². The molecular formula is C26H22Cl2O4. The van der Waals surface area contributed by atoms with Crippen LogP contribution in [0.1, 0.15) is 21.5 Å². The van der Waals surface area contributed by atoms with Crippen LogP contribution < -0.4 is 9.47 Å². The normalized spacial score (nSPS) is 11.0. The van der Waals surface area contributed by atoms with E-state index < -0.39 is 5.97 Å². The maximum atomic E-state index is 12.7. The van der Waals surface area contributed by atoms with Crippen molar-refractivity contribution in [1.82, 2.24) is 0 Å². The maximum Gasteiger partial charge on any atom is 0.341 e. The van der Waals surface area contributed by atoms with Gasteiger partial charge in [-0.05, 0) is 45.3 Å². The number of ether oxygens (including phenoxy) is 3. The van der Waals surface area contributed by atoms with Gasteiger partial charge in [-0.3, -0.25) is 0 Å². The van der Waals surface area contributed by atoms with Crippen molar-refractivity contribution in [3.63, 3.8) is 0 Å². The van der Waals surface area contributed by atoms with E-state index in [4.69, 9.17) is 37.4 Å². The lowest BCUT2D eigenvalue weighted by Crippen LogP contribution is -2.06. The predicted octanol–water partition coefficient (Wildman–Crippen LogP) is 6.94. The van der Waals surface area contributed by atoms with Crippen molar-refractivity contribution in [2.24, 2.45) is 0 Å². The Balaban J connectivity index is 2.26. The zero-order valence-electron chi connectivity index (χ0n) is 18.0. The third-order valence-electron chi connectivity index (χ3n) is 5.60. The van der Waals surface area contributed by atoms with Crippen LogP contribution in [0.3, 0.4) is 0 Å². The molecule has 4 nitrogen and oxygen atoms in total. The first kappa shape index (κ1) is 22.3. The van der Waals surface area contributed by atoms with Crippen LogP contribution in [0.15, 0.2) is 54.6 Å². The summed E-state index contributed by atoms with van der Waals surface area (Å²) in [6.45, 7) is 0. The summed E-state index contributed by atoms with van der Waals surface area (Å²) < 4.78 is 16.7. The van der Waals surface area contributed by atoms with E-state index in [0.29, 0.717) is 22.9 Å². The minimum absolute atomic E-state index is 0.258. The molecule has 0 atom stereocenters. The lowest BCUT2D eigenvalue weighted by molar-refractivity contribution is 0.0597. The van der Waals surface area contributed by atoms with Gasteiger partial charge in [0, 0.05) is 22.6 Å². The number of benzene rings is 4. The molecule has 0 unspecified atom stereocenters. The molecule has 164 valence electrons. The van der Waals surface area contributed by atoms with E-state index in [1.54, 1.807) is 20.3 Å². The topological polar surface area (TPSA) is 44.8 Å². The Labute approximate surface area is 196 Å². The molecule has 4 rings (SSSR count). The number of esters is 1. The first-order valence-corrected chi connectivity index (χ1v) is 11.1. The Bertz CT molecular complexity index is 1330. The van der Waals surface area contributed by atoms with Gasteiger partial charge in [0.25, 0.3) is 0 Å². The largest absolute Gasteiger partial charge is 0.496 e. The number of hydrogen-bond donors (Lipinski definition) is 0. The lowest BCUT2D eigenvalue weighted by Gasteiger charge is -2.21. The molecule has 0 fully saturated rings. The predicted molar refractivity (Wildman–Crippen MR) is 130 cm³/mol. The number of carbonyl (C=O) groups is 1. The fourth-order valence-electron chi connectivity index (χ4n) is 4.21. The zero-order chi connectivity index (χ0) is 22.8. The van der Waals surface area contributed by atoms with Crippen molar-refractivity contribution in [2.75, 3.05) is 21.3 Å². The van der Waals surface area contributed by atoms with Gasteiger partial charge in [0.2, 0.25) is 0 Å². The first-order chi connectivity index (χ1) is 15.6. The summed E-state index contributed by atoms with van der Waals surface area (Å²) in [7, 11) is 4.52. The van der Waals surface area contributed by atoms with Gasteiger partial charge < -0.3 is 14.2 Å². The summed E-state index contributed by atoms with van der Waals surface area (Å²) >= 11 is 12.4. The van der Waals surface area contributed by atoms with E-state index in [1.165, 1.54) is 7.11 Å². The molecule has 0 saturated carbocycles. The van der Waals surface area contributed by atoms with Crippen molar-refractivity contribution >= 4 is 50.7 Å². The Hall–Kier alpha value is -2.95. The fourth-order valence-corrected chi connectivity index (χ4v) is 4.57. The summed E-state index contributed by atoms with van der Waals surface area (Å²) in [4.78, 5) is 12.7. The second-order valence-corrected chi connectivity index (χ2v) is 7.85. The van der Waals surface area contributed by atoms with E-state index in [-0.39, 0.29) is 5.88 Å². The molecule has 0 saturated heterocycles. The number of carbonyl (C=O) groups excluding carboxylic acids is 1. The van der Waals surface area contributed by atoms with E-state index in [0.717, 1.165) is 43.8 Å². The smallest absolute Gasteiger partial charge is 0.341 e. The second kappa shape index (κ2) is 9.27. The summed E-state index contributed by atoms with van der Waals surface area (Å²) in [6.07, 6.45) is 0. The van der Waals surface area contributed by atoms with Crippen LogP contribution in [0.5, 0.6) is 11.5 Å². The Morgan fingerprint density at radius 1 is 0.781 bits per heavy atom. The van der Waals surface area contributed by atoms with Gasteiger partial charge in [0.15, 0.2) is 0 Å². The molecule has 6 heteroatoms. The molecule has 0 aliphatic carbocycles. The van der Waals surface area contributed by atoms with Gasteiger partial charge in [-0.2, -0.15) is 0 Å². The number of hydrogen-bond acceptors (Lipinski definition) is 4. The van der Waals surface area contributed by atoms with Crippen LogP contribution >= 0.6 is 23.2 Å². The van der Waals surface area contributed by atoms with Crippen molar-refractivity contribution in [2.45, 2.75) is 11.8 Å². The highest BCUT2D eigenvalue weighted by Crippen LogP contribution is 2.48. The highest BCUT2D eigenvalue weighted by atomic mass is 35.5. The summed E-state index contributed by atoms with van der Waals surface area (Å²) in [6, 6.07) is 17.7. The average Bonchev–Trinajstić information content (AvgIpc) is 2.85. The highest BCUT2D eigenvalue weighted by Gasteiger charge is 2.26. The molecule has 4 aromatic rings. The van der Waals surface area contributed by atoms with Crippen molar-refractivity contribution in [3.8, 4) is 22.6 Å². The van der Waals surface area contributed by atoms with Crippen LogP contribution in [0.25, 0.3) is 32.7 Å². The zero-order valence-corrected chi connectivity index (χ0v) is 19.5. The molecule has 0 N–H and O–H groups in total. The molecule has 32 heavy (non-hydrogen) atoms. The van der Waals surface area contributed by atoms with Crippen molar-refractivity contribution in [1.29, 1.82) is 0 Å². The quantitative estimate of drug-likeness (QED) is 0.227. The summed E-state index contributed by atoms with van der Waals surface area (Å²) in [5.74, 6) is 1.24. The molecule has 0 heterocycles. The minimum Gasteiger partial charge on any atom is -0.496 e. The van der Waals surface area contributed by atoms with Gasteiger partial charge in [-0.15, -0.1) is 23.2 Å². The molecule has 0 bridgehead atoms. The average molecular weight is 469 g/mol. The lowest BCUT2D eigenvalue weighted by atomic mass is 9.88. The van der Waals surface area contributed by atoms with Gasteiger partial charge in [0.05, 0.1) is 27.2 Å². The highest BCUT2D eigenvalue weighted by molar-refractivity contribution is 6.19. The molecular weight excluding hydrogens is 447 g/mol. The minimum atomic E-state index is -0.477. The Morgan fingerprint density at radius 3 is 2.12 bits per heavy atom. The van der Waals surface area contributed by atoms with Crippen LogP contribution in [0.2, 0.25) is 0 Å². The number of halogens is 2. The van der Waals surface area contributed by atoms with E-state index in [1.807, 2.05) is 48.5 Å². The van der Waals surface area contributed by atoms with Crippen molar-refractivity contribution in [3.05, 3.63) is 71.3 Å². The van der Waals surface area contributed by atoms with Gasteiger partial charge in [-0.1, -0.05) is 36.4 Å². The molecule has 0 aliphatic rings. The molecule has 0 radical (unpaired) electrons. The van der Waals surface area contributed by atoms with Gasteiger partial charge >= 0.3 is 5.97 Å².